The van der Waals surface area contributed by atoms with Gasteiger partial charge in [-0.05, 0) is 48.2 Å². The number of benzene rings is 2. The van der Waals surface area contributed by atoms with Crippen molar-refractivity contribution in [1.29, 1.82) is 0 Å². The van der Waals surface area contributed by atoms with Crippen LogP contribution in [0.3, 0.4) is 0 Å². The second-order valence-corrected chi connectivity index (χ2v) is 6.60. The quantitative estimate of drug-likeness (QED) is 0.749. The molecule has 0 saturated heterocycles. The molecule has 0 bridgehead atoms. The standard InChI is InChI=1S/C21H15F2N3O2/c22-15-6-4-12(5-7-15)14-9-18-17(19(27)10-14)11-24-21(25-18)26-20(28)13-2-1-3-16(23)8-13/h1-8,11,14H,9-10H2,(H,24,25,26,28)/t14-/m0/s1. The topological polar surface area (TPSA) is 72.0 Å². The molecule has 140 valence electrons. The van der Waals surface area contributed by atoms with E-state index < -0.39 is 11.7 Å². The van der Waals surface area contributed by atoms with Crippen LogP contribution in [0.5, 0.6) is 0 Å². The van der Waals surface area contributed by atoms with Gasteiger partial charge in [-0.2, -0.15) is 0 Å². The second kappa shape index (κ2) is 7.26. The number of amides is 1. The third-order valence-corrected chi connectivity index (χ3v) is 4.69. The number of ketones is 1. The Bertz CT molecular complexity index is 1070. The van der Waals surface area contributed by atoms with Crippen LogP contribution in [0.2, 0.25) is 0 Å². The molecule has 5 nitrogen and oxygen atoms in total. The van der Waals surface area contributed by atoms with Crippen molar-refractivity contribution in [2.75, 3.05) is 5.32 Å². The van der Waals surface area contributed by atoms with Crippen LogP contribution in [0, 0.1) is 11.6 Å². The Labute approximate surface area is 159 Å². The van der Waals surface area contributed by atoms with Crippen molar-refractivity contribution in [3.8, 4) is 0 Å². The Kier molecular flexibility index (Phi) is 4.65. The Hall–Kier alpha value is -3.48. The zero-order valence-electron chi connectivity index (χ0n) is 14.7. The molecular weight excluding hydrogens is 364 g/mol. The number of Topliss-reactive ketones (excluding diaryl/α,β-unsaturated/α-hetero) is 1. The summed E-state index contributed by atoms with van der Waals surface area (Å²) in [5, 5.41) is 2.52. The van der Waals surface area contributed by atoms with Crippen LogP contribution >= 0.6 is 0 Å². The normalized spacial score (nSPS) is 15.8. The second-order valence-electron chi connectivity index (χ2n) is 6.60. The fourth-order valence-electron chi connectivity index (χ4n) is 3.28. The number of halogens is 2. The summed E-state index contributed by atoms with van der Waals surface area (Å²) >= 11 is 0. The molecule has 1 N–H and O–H groups in total. The van der Waals surface area contributed by atoms with Gasteiger partial charge in [0, 0.05) is 18.2 Å². The molecule has 0 saturated carbocycles. The zero-order valence-corrected chi connectivity index (χ0v) is 14.7. The van der Waals surface area contributed by atoms with Crippen molar-refractivity contribution >= 4 is 17.6 Å². The molecule has 0 radical (unpaired) electrons. The van der Waals surface area contributed by atoms with Crippen molar-refractivity contribution in [2.24, 2.45) is 0 Å². The van der Waals surface area contributed by atoms with Gasteiger partial charge in [0.1, 0.15) is 11.6 Å². The largest absolute Gasteiger partial charge is 0.294 e. The first-order valence-electron chi connectivity index (χ1n) is 8.71. The van der Waals surface area contributed by atoms with E-state index in [-0.39, 0.29) is 35.5 Å². The van der Waals surface area contributed by atoms with E-state index in [0.29, 0.717) is 17.7 Å². The Morgan fingerprint density at radius 1 is 1.04 bits per heavy atom. The highest BCUT2D eigenvalue weighted by Crippen LogP contribution is 2.32. The van der Waals surface area contributed by atoms with Gasteiger partial charge in [0.25, 0.3) is 5.91 Å². The Balaban J connectivity index is 1.57. The highest BCUT2D eigenvalue weighted by Gasteiger charge is 2.28. The summed E-state index contributed by atoms with van der Waals surface area (Å²) in [4.78, 5) is 33.0. The Morgan fingerprint density at radius 2 is 1.82 bits per heavy atom. The maximum Gasteiger partial charge on any atom is 0.258 e. The van der Waals surface area contributed by atoms with Crippen LogP contribution in [-0.2, 0) is 6.42 Å². The summed E-state index contributed by atoms with van der Waals surface area (Å²) in [7, 11) is 0. The van der Waals surface area contributed by atoms with Crippen molar-refractivity contribution < 1.29 is 18.4 Å². The number of nitrogens with one attached hydrogen (secondary N) is 1. The third kappa shape index (κ3) is 3.64. The maximum absolute atomic E-state index is 13.3. The lowest BCUT2D eigenvalue weighted by molar-refractivity contribution is 0.0962. The monoisotopic (exact) mass is 379 g/mol. The third-order valence-electron chi connectivity index (χ3n) is 4.69. The van der Waals surface area contributed by atoms with E-state index >= 15 is 0 Å². The predicted molar refractivity (Wildman–Crippen MR) is 98.2 cm³/mol. The minimum Gasteiger partial charge on any atom is -0.294 e. The molecule has 7 heteroatoms. The maximum atomic E-state index is 13.3. The molecule has 1 amide bonds. The molecule has 0 aliphatic heterocycles. The van der Waals surface area contributed by atoms with E-state index in [1.54, 1.807) is 12.1 Å². The number of hydrogen-bond acceptors (Lipinski definition) is 4. The molecule has 1 atom stereocenters. The van der Waals surface area contributed by atoms with Crippen LogP contribution in [0.4, 0.5) is 14.7 Å². The molecule has 1 aliphatic carbocycles. The summed E-state index contributed by atoms with van der Waals surface area (Å²) in [5.41, 5.74) is 1.93. The summed E-state index contributed by atoms with van der Waals surface area (Å²) in [6.07, 6.45) is 2.15. The molecule has 2 aromatic carbocycles. The van der Waals surface area contributed by atoms with Gasteiger partial charge in [0.05, 0.1) is 11.3 Å². The number of nitrogens with zero attached hydrogens (tertiary/aromatic N) is 2. The van der Waals surface area contributed by atoms with Gasteiger partial charge >= 0.3 is 0 Å². The van der Waals surface area contributed by atoms with Gasteiger partial charge in [-0.1, -0.05) is 18.2 Å². The zero-order chi connectivity index (χ0) is 19.7. The average Bonchev–Trinajstić information content (AvgIpc) is 2.68. The summed E-state index contributed by atoms with van der Waals surface area (Å²) in [5.74, 6) is -1.58. The first-order chi connectivity index (χ1) is 13.5. The summed E-state index contributed by atoms with van der Waals surface area (Å²) in [6, 6.07) is 11.3. The molecule has 28 heavy (non-hydrogen) atoms. The minimum atomic E-state index is -0.545. The van der Waals surface area contributed by atoms with Crippen LogP contribution < -0.4 is 5.32 Å². The number of carbonyl (C=O) groups excluding carboxylic acids is 2. The van der Waals surface area contributed by atoms with Crippen molar-refractivity contribution in [3.63, 3.8) is 0 Å². The van der Waals surface area contributed by atoms with Gasteiger partial charge in [-0.15, -0.1) is 0 Å². The first-order valence-corrected chi connectivity index (χ1v) is 8.71. The molecule has 1 heterocycles. The van der Waals surface area contributed by atoms with Gasteiger partial charge in [-0.25, -0.2) is 18.7 Å². The van der Waals surface area contributed by atoms with Crippen LogP contribution in [0.25, 0.3) is 0 Å². The van der Waals surface area contributed by atoms with Crippen molar-refractivity contribution in [1.82, 2.24) is 9.97 Å². The number of hydrogen-bond donors (Lipinski definition) is 1. The van der Waals surface area contributed by atoms with E-state index in [1.165, 1.54) is 36.5 Å². The van der Waals surface area contributed by atoms with E-state index in [4.69, 9.17) is 0 Å². The molecule has 4 rings (SSSR count). The number of carbonyl (C=O) groups is 2. The average molecular weight is 379 g/mol. The first kappa shape index (κ1) is 17.9. The van der Waals surface area contributed by atoms with E-state index in [0.717, 1.165) is 11.6 Å². The van der Waals surface area contributed by atoms with Gasteiger partial charge in [0.2, 0.25) is 5.95 Å². The lowest BCUT2D eigenvalue weighted by Gasteiger charge is -2.23. The molecule has 3 aromatic rings. The molecule has 1 aromatic heterocycles. The minimum absolute atomic E-state index is 0.0422. The van der Waals surface area contributed by atoms with Crippen molar-refractivity contribution in [3.05, 3.63) is 88.7 Å². The summed E-state index contributed by atoms with van der Waals surface area (Å²) in [6.45, 7) is 0. The fraction of sp³-hybridized carbons (Fsp3) is 0.143. The van der Waals surface area contributed by atoms with Gasteiger partial charge in [0.15, 0.2) is 5.78 Å². The van der Waals surface area contributed by atoms with Crippen LogP contribution in [0.1, 0.15) is 44.3 Å². The number of rotatable bonds is 3. The van der Waals surface area contributed by atoms with Crippen LogP contribution in [0.15, 0.2) is 54.7 Å². The number of fused-ring (bicyclic) bond motifs is 1. The van der Waals surface area contributed by atoms with E-state index in [2.05, 4.69) is 15.3 Å². The summed E-state index contributed by atoms with van der Waals surface area (Å²) < 4.78 is 26.4. The number of aromatic nitrogens is 2. The highest BCUT2D eigenvalue weighted by atomic mass is 19.1. The molecule has 0 fully saturated rings. The molecule has 1 aliphatic rings. The van der Waals surface area contributed by atoms with Gasteiger partial charge < -0.3 is 0 Å². The smallest absolute Gasteiger partial charge is 0.258 e. The Morgan fingerprint density at radius 3 is 2.57 bits per heavy atom. The van der Waals surface area contributed by atoms with Crippen molar-refractivity contribution in [2.45, 2.75) is 18.8 Å². The molecule has 0 spiro atoms. The van der Waals surface area contributed by atoms with E-state index in [9.17, 15) is 18.4 Å². The van der Waals surface area contributed by atoms with E-state index in [1.807, 2.05) is 0 Å². The molecule has 0 unspecified atom stereocenters. The highest BCUT2D eigenvalue weighted by molar-refractivity contribution is 6.03. The SMILES string of the molecule is O=C(Nc1ncc2c(n1)C[C@H](c1ccc(F)cc1)CC2=O)c1cccc(F)c1. The lowest BCUT2D eigenvalue weighted by Crippen LogP contribution is -2.22. The van der Waals surface area contributed by atoms with Crippen LogP contribution in [-0.4, -0.2) is 21.7 Å². The fourth-order valence-corrected chi connectivity index (χ4v) is 3.28. The van der Waals surface area contributed by atoms with Gasteiger partial charge in [-0.3, -0.25) is 14.9 Å². The lowest BCUT2D eigenvalue weighted by atomic mass is 9.82. The molecular formula is C21H15F2N3O2. The number of anilines is 1. The predicted octanol–water partition coefficient (Wildman–Crippen LogP) is 3.92.